The van der Waals surface area contributed by atoms with E-state index in [1.54, 1.807) is 0 Å². The van der Waals surface area contributed by atoms with Crippen LogP contribution in [0.5, 0.6) is 0 Å². The number of rotatable bonds is 23. The van der Waals surface area contributed by atoms with Gasteiger partial charge >= 0.3 is 0 Å². The van der Waals surface area contributed by atoms with Crippen LogP contribution in [0.25, 0.3) is 0 Å². The van der Waals surface area contributed by atoms with Crippen molar-refractivity contribution in [1.29, 1.82) is 0 Å². The fourth-order valence-corrected chi connectivity index (χ4v) is 7.40. The Labute approximate surface area is 346 Å². The highest BCUT2D eigenvalue weighted by atomic mass is 19.2. The largest absolute Gasteiger partial charge is 0.372 e. The molecular formula is C43H50BF15N2. The fraction of sp³-hybridized carbons (Fsp3) is 0.558. The van der Waals surface area contributed by atoms with Crippen LogP contribution in [0.1, 0.15) is 142 Å². The number of unbranched alkanes of at least 4 members (excludes halogenated alkanes) is 16. The number of benzene rings is 3. The quantitative estimate of drug-likeness (QED) is 0.0331. The third-order valence-electron chi connectivity index (χ3n) is 10.8. The van der Waals surface area contributed by atoms with E-state index in [9.17, 15) is 65.9 Å². The van der Waals surface area contributed by atoms with Crippen LogP contribution in [-0.4, -0.2) is 25.1 Å². The Hall–Kier alpha value is -3.86. The molecule has 1 aliphatic heterocycles. The van der Waals surface area contributed by atoms with Crippen LogP contribution in [0.15, 0.2) is 4.99 Å². The second-order valence-electron chi connectivity index (χ2n) is 15.2. The molecule has 18 heteroatoms. The lowest BCUT2D eigenvalue weighted by atomic mass is 9.36. The van der Waals surface area contributed by atoms with E-state index in [2.05, 4.69) is 19.2 Å². The standard InChI is InChI=1S/C25H50N2.C18BF15/c1-3-5-7-9-11-13-15-17-19-21-24-25(27-23-26-24)22-20-18-16-14-12-10-8-6-4-2;20-4-1(5(21)11(27)16(32)10(4)26)19(2-6(22)12(28)17(33)13(29)7(2)23)3-8(24)14(30)18(34)15(31)9(3)25/h23-25H,3-22H2,1-2H3,(H,26,27);. The van der Waals surface area contributed by atoms with Gasteiger partial charge < -0.3 is 5.32 Å². The van der Waals surface area contributed by atoms with E-state index in [1.807, 2.05) is 6.34 Å². The van der Waals surface area contributed by atoms with E-state index in [0.717, 1.165) is 0 Å². The molecule has 1 N–H and O–H groups in total. The maximum Gasteiger partial charge on any atom is 0.265 e. The van der Waals surface area contributed by atoms with Gasteiger partial charge in [0.25, 0.3) is 6.71 Å². The summed E-state index contributed by atoms with van der Waals surface area (Å²) in [4.78, 5) is 4.71. The molecule has 0 aliphatic carbocycles. The second kappa shape index (κ2) is 25.3. The summed E-state index contributed by atoms with van der Waals surface area (Å²) in [6.07, 6.45) is 30.2. The Morgan fingerprint density at radius 1 is 0.361 bits per heavy atom. The zero-order chi connectivity index (χ0) is 45.4. The van der Waals surface area contributed by atoms with E-state index >= 15 is 0 Å². The molecule has 3 aromatic rings. The van der Waals surface area contributed by atoms with Gasteiger partial charge in [0.15, 0.2) is 87.3 Å². The van der Waals surface area contributed by atoms with Crippen molar-refractivity contribution in [3.05, 3.63) is 87.3 Å². The van der Waals surface area contributed by atoms with Gasteiger partial charge in [-0.2, -0.15) is 0 Å². The number of nitrogens with one attached hydrogen (secondary N) is 1. The van der Waals surface area contributed by atoms with Gasteiger partial charge in [0.05, 0.1) is 12.4 Å². The van der Waals surface area contributed by atoms with Crippen LogP contribution in [0.2, 0.25) is 0 Å². The first-order valence-electron chi connectivity index (χ1n) is 20.9. The van der Waals surface area contributed by atoms with Crippen LogP contribution in [0.4, 0.5) is 65.9 Å². The third kappa shape index (κ3) is 13.1. The van der Waals surface area contributed by atoms with Crippen LogP contribution in [-0.2, 0) is 0 Å². The van der Waals surface area contributed by atoms with Gasteiger partial charge in [-0.3, -0.25) is 4.99 Å². The lowest BCUT2D eigenvalue weighted by Crippen LogP contribution is -2.60. The molecule has 0 saturated heterocycles. The van der Waals surface area contributed by atoms with Gasteiger partial charge in [0.1, 0.15) is 0 Å². The Kier molecular flexibility index (Phi) is 21.4. The maximum atomic E-state index is 14.4. The second-order valence-corrected chi connectivity index (χ2v) is 15.2. The van der Waals surface area contributed by atoms with Crippen molar-refractivity contribution in [2.75, 3.05) is 0 Å². The van der Waals surface area contributed by atoms with Gasteiger partial charge in [-0.05, 0) is 12.8 Å². The molecular weight excluding hydrogens is 840 g/mol. The molecule has 1 aliphatic rings. The van der Waals surface area contributed by atoms with E-state index in [4.69, 9.17) is 4.99 Å². The molecule has 0 saturated carbocycles. The predicted molar refractivity (Wildman–Crippen MR) is 206 cm³/mol. The van der Waals surface area contributed by atoms with E-state index < -0.39 is 110 Å². The molecule has 0 fully saturated rings. The van der Waals surface area contributed by atoms with Crippen molar-refractivity contribution >= 4 is 29.4 Å². The van der Waals surface area contributed by atoms with Crippen molar-refractivity contribution in [1.82, 2.24) is 5.32 Å². The lowest BCUT2D eigenvalue weighted by molar-refractivity contribution is 0.380. The number of nitrogens with zero attached hydrogens (tertiary/aromatic N) is 1. The smallest absolute Gasteiger partial charge is 0.265 e. The summed E-state index contributed by atoms with van der Waals surface area (Å²) >= 11 is 0. The zero-order valence-electron chi connectivity index (χ0n) is 34.1. The molecule has 4 rings (SSSR count). The average molecular weight is 891 g/mol. The van der Waals surface area contributed by atoms with Crippen molar-refractivity contribution in [2.45, 2.75) is 154 Å². The summed E-state index contributed by atoms with van der Waals surface area (Å²) in [5.41, 5.74) is -8.03. The minimum absolute atomic E-state index is 0.559. The van der Waals surface area contributed by atoms with Gasteiger partial charge in [0.2, 0.25) is 0 Å². The van der Waals surface area contributed by atoms with Crippen molar-refractivity contribution in [3.63, 3.8) is 0 Å². The first-order valence-corrected chi connectivity index (χ1v) is 20.9. The molecule has 0 amide bonds. The molecule has 0 aromatic heterocycles. The van der Waals surface area contributed by atoms with Crippen LogP contribution < -0.4 is 21.7 Å². The van der Waals surface area contributed by atoms with Gasteiger partial charge in [-0.15, -0.1) is 0 Å². The zero-order valence-corrected chi connectivity index (χ0v) is 34.1. The number of hydrogen-bond acceptors (Lipinski definition) is 2. The van der Waals surface area contributed by atoms with Crippen molar-refractivity contribution in [2.24, 2.45) is 4.99 Å². The van der Waals surface area contributed by atoms with Crippen LogP contribution in [0.3, 0.4) is 0 Å². The van der Waals surface area contributed by atoms with Crippen molar-refractivity contribution in [3.8, 4) is 0 Å². The third-order valence-corrected chi connectivity index (χ3v) is 10.8. The summed E-state index contributed by atoms with van der Waals surface area (Å²) in [5, 5.41) is 3.52. The van der Waals surface area contributed by atoms with Gasteiger partial charge in [-0.1, -0.05) is 129 Å². The molecule has 340 valence electrons. The Bertz CT molecular complexity index is 1670. The molecule has 2 atom stereocenters. The molecule has 2 nitrogen and oxygen atoms in total. The Morgan fingerprint density at radius 3 is 0.902 bits per heavy atom. The maximum absolute atomic E-state index is 14.4. The molecule has 61 heavy (non-hydrogen) atoms. The lowest BCUT2D eigenvalue weighted by Gasteiger charge is -2.21. The first kappa shape index (κ1) is 51.5. The average Bonchev–Trinajstić information content (AvgIpc) is 3.70. The number of hydrogen-bond donors (Lipinski definition) is 1. The van der Waals surface area contributed by atoms with E-state index in [0.29, 0.717) is 12.1 Å². The molecule has 3 aromatic carbocycles. The number of halogens is 15. The van der Waals surface area contributed by atoms with E-state index in [-0.39, 0.29) is 0 Å². The SMILES string of the molecule is CCCCCCCCCCCC1N=CNC1CCCCCCCCCCC.Fc1c(F)c(F)c(B(c2c(F)c(F)c(F)c(F)c2F)c2c(F)c(F)c(F)c(F)c2F)c(F)c1F. The molecule has 1 heterocycles. The summed E-state index contributed by atoms with van der Waals surface area (Å²) in [5.74, 6) is -45.2. The normalized spacial score (nSPS) is 14.7. The number of aliphatic imine (C=N–C) groups is 1. The summed E-state index contributed by atoms with van der Waals surface area (Å²) in [6.45, 7) is 0.631. The fourth-order valence-electron chi connectivity index (χ4n) is 7.40. The topological polar surface area (TPSA) is 24.4 Å². The highest BCUT2D eigenvalue weighted by Gasteiger charge is 2.45. The van der Waals surface area contributed by atoms with Gasteiger partial charge in [-0.25, -0.2) is 65.9 Å². The monoisotopic (exact) mass is 890 g/mol. The summed E-state index contributed by atoms with van der Waals surface area (Å²) < 4.78 is 209. The molecule has 0 radical (unpaired) electrons. The highest BCUT2D eigenvalue weighted by Crippen LogP contribution is 2.24. The minimum Gasteiger partial charge on any atom is -0.372 e. The Morgan fingerprint density at radius 2 is 0.607 bits per heavy atom. The minimum atomic E-state index is -3.96. The van der Waals surface area contributed by atoms with Crippen LogP contribution >= 0.6 is 0 Å². The summed E-state index contributed by atoms with van der Waals surface area (Å²) in [6, 6.07) is 1.19. The Balaban J connectivity index is 0.000000335. The van der Waals surface area contributed by atoms with Gasteiger partial charge in [0, 0.05) is 22.4 Å². The van der Waals surface area contributed by atoms with Crippen molar-refractivity contribution < 1.29 is 65.9 Å². The summed E-state index contributed by atoms with van der Waals surface area (Å²) in [7, 11) is 0. The van der Waals surface area contributed by atoms with Crippen LogP contribution in [0, 0.1) is 87.3 Å². The first-order chi connectivity index (χ1) is 29.0. The molecule has 0 bridgehead atoms. The molecule has 2 unspecified atom stereocenters. The van der Waals surface area contributed by atoms with E-state index in [1.165, 1.54) is 128 Å². The predicted octanol–water partition coefficient (Wildman–Crippen LogP) is 12.5. The highest BCUT2D eigenvalue weighted by molar-refractivity contribution is 6.95. The molecule has 0 spiro atoms.